The summed E-state index contributed by atoms with van der Waals surface area (Å²) in [4.78, 5) is 27.0. The molecule has 3 rings (SSSR count). The maximum absolute atomic E-state index is 12.8. The molecule has 27 heavy (non-hydrogen) atoms. The van der Waals surface area contributed by atoms with Crippen LogP contribution in [0.4, 0.5) is 0 Å². The van der Waals surface area contributed by atoms with Crippen molar-refractivity contribution in [3.8, 4) is 0 Å². The number of carbonyl (C=O) groups excluding carboxylic acids is 2. The van der Waals surface area contributed by atoms with Crippen LogP contribution < -0.4 is 0 Å². The van der Waals surface area contributed by atoms with Crippen molar-refractivity contribution in [2.45, 2.75) is 25.8 Å². The summed E-state index contributed by atoms with van der Waals surface area (Å²) >= 11 is 9.32. The molecule has 1 amide bonds. The number of halogens is 2. The predicted molar refractivity (Wildman–Crippen MR) is 110 cm³/mol. The van der Waals surface area contributed by atoms with Gasteiger partial charge in [-0.3, -0.25) is 9.59 Å². The van der Waals surface area contributed by atoms with Gasteiger partial charge >= 0.3 is 0 Å². The first-order valence-corrected chi connectivity index (χ1v) is 9.91. The summed E-state index contributed by atoms with van der Waals surface area (Å²) in [6, 6.07) is 13.4. The van der Waals surface area contributed by atoms with E-state index in [0.29, 0.717) is 17.1 Å². The molecular weight excluding hydrogens is 430 g/mol. The third-order valence-corrected chi connectivity index (χ3v) is 5.38. The zero-order valence-electron chi connectivity index (χ0n) is 14.8. The average molecular weight is 449 g/mol. The van der Waals surface area contributed by atoms with E-state index >= 15 is 0 Å². The molecule has 1 saturated heterocycles. The van der Waals surface area contributed by atoms with Crippen molar-refractivity contribution in [2.24, 2.45) is 0 Å². The largest absolute Gasteiger partial charge is 0.507 e. The smallest absolute Gasteiger partial charge is 0.295 e. The van der Waals surface area contributed by atoms with Crippen molar-refractivity contribution in [1.82, 2.24) is 4.90 Å². The minimum atomic E-state index is -0.661. The highest BCUT2D eigenvalue weighted by Gasteiger charge is 2.45. The lowest BCUT2D eigenvalue weighted by atomic mass is 9.95. The SMILES string of the molecule is CCCCN1C(=O)C(=O)/C(=C(/O)c2ccc(Cl)cc2)[C@@H]1c1ccc(Br)cc1. The third-order valence-electron chi connectivity index (χ3n) is 4.60. The molecule has 2 aromatic carbocycles. The standard InChI is InChI=1S/C21H19BrClNO3/c1-2-3-12-24-18(13-4-8-15(22)9-5-13)17(20(26)21(24)27)19(25)14-6-10-16(23)11-7-14/h4-11,18,25H,2-3,12H2,1H3/b19-17+/t18-/m0/s1. The fourth-order valence-electron chi connectivity index (χ4n) is 3.19. The lowest BCUT2D eigenvalue weighted by molar-refractivity contribution is -0.139. The molecule has 4 nitrogen and oxygen atoms in total. The highest BCUT2D eigenvalue weighted by atomic mass is 79.9. The van der Waals surface area contributed by atoms with Gasteiger partial charge in [0, 0.05) is 21.6 Å². The molecule has 1 fully saturated rings. The minimum Gasteiger partial charge on any atom is -0.507 e. The van der Waals surface area contributed by atoms with Gasteiger partial charge in [0.25, 0.3) is 11.7 Å². The van der Waals surface area contributed by atoms with E-state index in [4.69, 9.17) is 11.6 Å². The zero-order chi connectivity index (χ0) is 19.6. The average Bonchev–Trinajstić information content (AvgIpc) is 2.91. The maximum atomic E-state index is 12.8. The third kappa shape index (κ3) is 3.94. The number of carbonyl (C=O) groups is 2. The molecule has 2 aromatic rings. The highest BCUT2D eigenvalue weighted by Crippen LogP contribution is 2.39. The Hall–Kier alpha value is -2.11. The highest BCUT2D eigenvalue weighted by molar-refractivity contribution is 9.10. The number of aliphatic hydroxyl groups is 1. The molecule has 0 saturated carbocycles. The van der Waals surface area contributed by atoms with Crippen LogP contribution in [0.1, 0.15) is 36.9 Å². The van der Waals surface area contributed by atoms with Gasteiger partial charge in [-0.15, -0.1) is 0 Å². The van der Waals surface area contributed by atoms with Crippen molar-refractivity contribution < 1.29 is 14.7 Å². The zero-order valence-corrected chi connectivity index (χ0v) is 17.1. The van der Waals surface area contributed by atoms with Crippen LogP contribution in [0.5, 0.6) is 0 Å². The fraction of sp³-hybridized carbons (Fsp3) is 0.238. The van der Waals surface area contributed by atoms with Gasteiger partial charge in [0.2, 0.25) is 0 Å². The first-order valence-electron chi connectivity index (χ1n) is 8.74. The molecule has 0 unspecified atom stereocenters. The lowest BCUT2D eigenvalue weighted by Gasteiger charge is -2.25. The van der Waals surface area contributed by atoms with Crippen LogP contribution in [0.2, 0.25) is 5.02 Å². The quantitative estimate of drug-likeness (QED) is 0.382. The number of Topliss-reactive ketones (excluding diaryl/α,β-unsaturated/α-hetero) is 1. The van der Waals surface area contributed by atoms with Crippen LogP contribution in [0.15, 0.2) is 58.6 Å². The van der Waals surface area contributed by atoms with E-state index in [-0.39, 0.29) is 11.3 Å². The minimum absolute atomic E-state index is 0.112. The van der Waals surface area contributed by atoms with Crippen molar-refractivity contribution in [1.29, 1.82) is 0 Å². The van der Waals surface area contributed by atoms with Gasteiger partial charge in [-0.25, -0.2) is 0 Å². The van der Waals surface area contributed by atoms with E-state index in [1.54, 1.807) is 29.2 Å². The summed E-state index contributed by atoms with van der Waals surface area (Å²) in [7, 11) is 0. The van der Waals surface area contributed by atoms with Gasteiger partial charge in [0.15, 0.2) is 0 Å². The number of amides is 1. The van der Waals surface area contributed by atoms with E-state index in [0.717, 1.165) is 22.9 Å². The van der Waals surface area contributed by atoms with Crippen molar-refractivity contribution in [3.05, 3.63) is 74.7 Å². The number of rotatable bonds is 5. The first-order chi connectivity index (χ1) is 12.9. The summed E-state index contributed by atoms with van der Waals surface area (Å²) in [5.41, 5.74) is 1.35. The van der Waals surface area contributed by atoms with E-state index in [9.17, 15) is 14.7 Å². The lowest BCUT2D eigenvalue weighted by Crippen LogP contribution is -2.30. The Kier molecular flexibility index (Phi) is 6.02. The molecular formula is C21H19BrClNO3. The van der Waals surface area contributed by atoms with E-state index < -0.39 is 17.7 Å². The summed E-state index contributed by atoms with van der Waals surface area (Å²) < 4.78 is 0.898. The van der Waals surface area contributed by atoms with Crippen molar-refractivity contribution in [2.75, 3.05) is 6.54 Å². The topological polar surface area (TPSA) is 57.6 Å². The van der Waals surface area contributed by atoms with Gasteiger partial charge in [-0.1, -0.05) is 53.0 Å². The maximum Gasteiger partial charge on any atom is 0.295 e. The fourth-order valence-corrected chi connectivity index (χ4v) is 3.58. The Bertz CT molecular complexity index is 891. The second-order valence-electron chi connectivity index (χ2n) is 6.40. The second kappa shape index (κ2) is 8.28. The van der Waals surface area contributed by atoms with Crippen LogP contribution in [0, 0.1) is 0 Å². The van der Waals surface area contributed by atoms with Crippen LogP contribution in [0.25, 0.3) is 5.76 Å². The van der Waals surface area contributed by atoms with Gasteiger partial charge in [0.1, 0.15) is 5.76 Å². The van der Waals surface area contributed by atoms with E-state index in [1.165, 1.54) is 0 Å². The van der Waals surface area contributed by atoms with Crippen molar-refractivity contribution >= 4 is 45.0 Å². The predicted octanol–water partition coefficient (Wildman–Crippen LogP) is 5.32. The molecule has 1 N–H and O–H groups in total. The summed E-state index contributed by atoms with van der Waals surface area (Å²) in [5.74, 6) is -1.42. The number of ketones is 1. The molecule has 6 heteroatoms. The number of hydrogen-bond acceptors (Lipinski definition) is 3. The van der Waals surface area contributed by atoms with E-state index in [2.05, 4.69) is 15.9 Å². The van der Waals surface area contributed by atoms with Gasteiger partial charge in [-0.05, 0) is 48.4 Å². The van der Waals surface area contributed by atoms with Crippen LogP contribution >= 0.6 is 27.5 Å². The van der Waals surface area contributed by atoms with Crippen LogP contribution in [-0.4, -0.2) is 28.2 Å². The van der Waals surface area contributed by atoms with Crippen LogP contribution in [0.3, 0.4) is 0 Å². The number of aliphatic hydroxyl groups excluding tert-OH is 1. The molecule has 0 aliphatic carbocycles. The van der Waals surface area contributed by atoms with Crippen LogP contribution in [-0.2, 0) is 9.59 Å². The molecule has 0 radical (unpaired) electrons. The Morgan fingerprint density at radius 2 is 1.74 bits per heavy atom. The Morgan fingerprint density at radius 3 is 2.33 bits per heavy atom. The molecule has 0 bridgehead atoms. The Labute approximate surface area is 171 Å². The Morgan fingerprint density at radius 1 is 1.11 bits per heavy atom. The van der Waals surface area contributed by atoms with Gasteiger partial charge < -0.3 is 10.0 Å². The molecule has 1 atom stereocenters. The second-order valence-corrected chi connectivity index (χ2v) is 7.76. The molecule has 1 aliphatic heterocycles. The summed E-state index contributed by atoms with van der Waals surface area (Å²) in [5, 5.41) is 11.4. The van der Waals surface area contributed by atoms with E-state index in [1.807, 2.05) is 31.2 Å². The molecule has 1 heterocycles. The summed E-state index contributed by atoms with van der Waals surface area (Å²) in [6.45, 7) is 2.48. The molecule has 0 aromatic heterocycles. The monoisotopic (exact) mass is 447 g/mol. The summed E-state index contributed by atoms with van der Waals surface area (Å²) in [6.07, 6.45) is 1.67. The molecule has 140 valence electrons. The number of likely N-dealkylation sites (tertiary alicyclic amines) is 1. The number of unbranched alkanes of at least 4 members (excludes halogenated alkanes) is 1. The molecule has 0 spiro atoms. The normalized spacial score (nSPS) is 18.9. The number of hydrogen-bond donors (Lipinski definition) is 1. The first kappa shape index (κ1) is 19.6. The van der Waals surface area contributed by atoms with Gasteiger partial charge in [-0.2, -0.15) is 0 Å². The molecule has 1 aliphatic rings. The van der Waals surface area contributed by atoms with Crippen molar-refractivity contribution in [3.63, 3.8) is 0 Å². The van der Waals surface area contributed by atoms with Gasteiger partial charge in [0.05, 0.1) is 11.6 Å². The number of nitrogens with zero attached hydrogens (tertiary/aromatic N) is 1. The number of benzene rings is 2. The Balaban J connectivity index is 2.14.